The van der Waals surface area contributed by atoms with Crippen LogP contribution in [0.1, 0.15) is 83.7 Å². The minimum atomic E-state index is -2.99. The molecule has 4 heterocycles. The molecule has 4 unspecified atom stereocenters. The van der Waals surface area contributed by atoms with E-state index in [-0.39, 0.29) is 35.6 Å². The van der Waals surface area contributed by atoms with E-state index in [9.17, 15) is 18.7 Å². The lowest BCUT2D eigenvalue weighted by Gasteiger charge is -2.36. The summed E-state index contributed by atoms with van der Waals surface area (Å²) in [4.78, 5) is 14.9. The molecule has 1 fully saturated rings. The summed E-state index contributed by atoms with van der Waals surface area (Å²) in [5.74, 6) is -0.298. The molecule has 0 spiro atoms. The number of amides is 1. The zero-order valence-electron chi connectivity index (χ0n) is 20.4. The van der Waals surface area contributed by atoms with E-state index in [0.717, 1.165) is 35.2 Å². The molecule has 7 nitrogen and oxygen atoms in total. The van der Waals surface area contributed by atoms with Gasteiger partial charge in [0.1, 0.15) is 5.75 Å². The molecule has 6 rings (SSSR count). The van der Waals surface area contributed by atoms with Crippen molar-refractivity contribution in [1.82, 2.24) is 14.5 Å². The highest BCUT2D eigenvalue weighted by molar-refractivity contribution is 5.98. The predicted octanol–water partition coefficient (Wildman–Crippen LogP) is 4.63. The third kappa shape index (κ3) is 3.59. The van der Waals surface area contributed by atoms with E-state index in [1.807, 2.05) is 16.8 Å². The molecule has 2 aliphatic heterocycles. The van der Waals surface area contributed by atoms with E-state index in [2.05, 4.69) is 6.07 Å². The minimum absolute atomic E-state index is 0.0385. The van der Waals surface area contributed by atoms with Crippen LogP contribution in [-0.2, 0) is 4.74 Å². The van der Waals surface area contributed by atoms with Crippen molar-refractivity contribution in [3.63, 3.8) is 0 Å². The molecule has 190 valence electrons. The Morgan fingerprint density at radius 2 is 2.03 bits per heavy atom. The van der Waals surface area contributed by atoms with E-state index in [1.54, 1.807) is 37.9 Å². The zero-order chi connectivity index (χ0) is 25.4. The number of halogens is 2. The van der Waals surface area contributed by atoms with Crippen LogP contribution in [0.15, 0.2) is 36.5 Å². The number of fused-ring (bicyclic) bond motifs is 9. The van der Waals surface area contributed by atoms with Crippen LogP contribution in [0.2, 0.25) is 0 Å². The molecule has 4 atom stereocenters. The van der Waals surface area contributed by atoms with Gasteiger partial charge in [0.2, 0.25) is 0 Å². The summed E-state index contributed by atoms with van der Waals surface area (Å²) in [6.07, 6.45) is 3.94. The standard InChI is InChI=1S/C27H29F2N3O4/c1-27(2,34)21-8-7-15(13-35-21)14-9-10-32-18(11-14)23-17-12-19(24(23)30-32)31(3)25(33)16-5-4-6-20(22(16)17)36-26(28)29/h4-6,9-11,15,17,19,21,26,34H,7-8,12-13H2,1-3H3. The first kappa shape index (κ1) is 23.4. The van der Waals surface area contributed by atoms with Crippen LogP contribution in [0.3, 0.4) is 0 Å². The quantitative estimate of drug-likeness (QED) is 0.569. The van der Waals surface area contributed by atoms with Crippen molar-refractivity contribution in [2.45, 2.75) is 69.3 Å². The normalized spacial score (nSPS) is 25.8. The smallest absolute Gasteiger partial charge is 0.387 e. The summed E-state index contributed by atoms with van der Waals surface area (Å²) < 4.78 is 39.3. The van der Waals surface area contributed by atoms with Crippen molar-refractivity contribution in [2.24, 2.45) is 0 Å². The van der Waals surface area contributed by atoms with Gasteiger partial charge >= 0.3 is 6.61 Å². The van der Waals surface area contributed by atoms with Crippen LogP contribution < -0.4 is 4.74 Å². The molecule has 1 aliphatic carbocycles. The lowest BCUT2D eigenvalue weighted by molar-refractivity contribution is -0.113. The highest BCUT2D eigenvalue weighted by Gasteiger charge is 2.46. The van der Waals surface area contributed by atoms with Crippen LogP contribution in [0.25, 0.3) is 5.52 Å². The van der Waals surface area contributed by atoms with Crippen LogP contribution in [0.4, 0.5) is 8.78 Å². The highest BCUT2D eigenvalue weighted by atomic mass is 19.3. The van der Waals surface area contributed by atoms with Gasteiger partial charge in [0, 0.05) is 41.8 Å². The van der Waals surface area contributed by atoms with Gasteiger partial charge < -0.3 is 19.5 Å². The topological polar surface area (TPSA) is 76.3 Å². The maximum atomic E-state index is 13.3. The Morgan fingerprint density at radius 1 is 1.22 bits per heavy atom. The van der Waals surface area contributed by atoms with Gasteiger partial charge in [-0.1, -0.05) is 6.07 Å². The molecule has 2 bridgehead atoms. The average Bonchev–Trinajstić information content (AvgIpc) is 3.36. The Hall–Kier alpha value is -3.04. The van der Waals surface area contributed by atoms with E-state index < -0.39 is 12.2 Å². The fraction of sp³-hybridized carbons (Fsp3) is 0.481. The van der Waals surface area contributed by atoms with Gasteiger partial charge in [0.05, 0.1) is 35.6 Å². The largest absolute Gasteiger partial charge is 0.434 e. The van der Waals surface area contributed by atoms with Crippen LogP contribution in [0, 0.1) is 0 Å². The summed E-state index contributed by atoms with van der Waals surface area (Å²) in [6.45, 7) is 1.07. The van der Waals surface area contributed by atoms with E-state index >= 15 is 0 Å². The van der Waals surface area contributed by atoms with Crippen molar-refractivity contribution < 1.29 is 28.2 Å². The molecule has 2 aromatic heterocycles. The predicted molar refractivity (Wildman–Crippen MR) is 128 cm³/mol. The Bertz CT molecular complexity index is 1340. The summed E-state index contributed by atoms with van der Waals surface area (Å²) in [5.41, 5.74) is 3.78. The molecule has 1 amide bonds. The number of aliphatic hydroxyl groups is 1. The number of alkyl halides is 2. The number of rotatable bonds is 4. The number of nitrogens with zero attached hydrogens (tertiary/aromatic N) is 3. The Balaban J connectivity index is 1.44. The number of pyridine rings is 1. The fourth-order valence-electron chi connectivity index (χ4n) is 6.20. The van der Waals surface area contributed by atoms with Crippen molar-refractivity contribution in [3.05, 3.63) is 64.5 Å². The first-order valence-corrected chi connectivity index (χ1v) is 12.3. The van der Waals surface area contributed by atoms with Crippen molar-refractivity contribution in [1.29, 1.82) is 0 Å². The number of hydrogen-bond donors (Lipinski definition) is 1. The third-order valence-corrected chi connectivity index (χ3v) is 8.03. The van der Waals surface area contributed by atoms with Crippen molar-refractivity contribution in [2.75, 3.05) is 13.7 Å². The lowest BCUT2D eigenvalue weighted by atomic mass is 9.86. The molecule has 3 aliphatic rings. The number of aromatic nitrogens is 2. The van der Waals surface area contributed by atoms with E-state index in [1.165, 1.54) is 6.07 Å². The van der Waals surface area contributed by atoms with Crippen LogP contribution in [0.5, 0.6) is 5.75 Å². The van der Waals surface area contributed by atoms with E-state index in [0.29, 0.717) is 24.2 Å². The third-order valence-electron chi connectivity index (χ3n) is 8.03. The Kier molecular flexibility index (Phi) is 5.35. The SMILES string of the molecule is CN1C(=O)c2cccc(OC(F)F)c2C2CC1c1nn3ccc(C4CCC(C(C)(C)O)OC4)cc3c12. The molecule has 9 heteroatoms. The molecule has 1 aromatic carbocycles. The van der Waals surface area contributed by atoms with Gasteiger partial charge in [-0.3, -0.25) is 4.79 Å². The maximum absolute atomic E-state index is 13.3. The lowest BCUT2D eigenvalue weighted by Crippen LogP contribution is -2.41. The van der Waals surface area contributed by atoms with Gasteiger partial charge in [-0.05, 0) is 62.9 Å². The van der Waals surface area contributed by atoms with Crippen molar-refractivity contribution in [3.8, 4) is 5.75 Å². The molecule has 0 saturated carbocycles. The monoisotopic (exact) mass is 497 g/mol. The van der Waals surface area contributed by atoms with Gasteiger partial charge in [0.15, 0.2) is 0 Å². The molecule has 1 N–H and O–H groups in total. The molecule has 0 radical (unpaired) electrons. The van der Waals surface area contributed by atoms with Gasteiger partial charge in [0.25, 0.3) is 5.91 Å². The number of carbonyl (C=O) groups is 1. The molecular formula is C27H29F2N3O4. The van der Waals surface area contributed by atoms with Gasteiger partial charge in [-0.2, -0.15) is 13.9 Å². The average molecular weight is 498 g/mol. The number of carbonyl (C=O) groups excluding carboxylic acids is 1. The Labute approximate surface area is 207 Å². The molecule has 1 saturated heterocycles. The second-order valence-corrected chi connectivity index (χ2v) is 10.7. The molecular weight excluding hydrogens is 468 g/mol. The first-order valence-electron chi connectivity index (χ1n) is 12.3. The Morgan fingerprint density at radius 3 is 2.72 bits per heavy atom. The zero-order valence-corrected chi connectivity index (χ0v) is 20.4. The number of benzene rings is 1. The number of ether oxygens (including phenoxy) is 2. The molecule has 36 heavy (non-hydrogen) atoms. The van der Waals surface area contributed by atoms with E-state index in [4.69, 9.17) is 14.6 Å². The number of hydrogen-bond acceptors (Lipinski definition) is 5. The second kappa shape index (κ2) is 8.24. The summed E-state index contributed by atoms with van der Waals surface area (Å²) >= 11 is 0. The first-order chi connectivity index (χ1) is 17.1. The summed E-state index contributed by atoms with van der Waals surface area (Å²) in [6, 6.07) is 8.66. The maximum Gasteiger partial charge on any atom is 0.387 e. The van der Waals surface area contributed by atoms with Gasteiger partial charge in [-0.25, -0.2) is 4.52 Å². The second-order valence-electron chi connectivity index (χ2n) is 10.7. The highest BCUT2D eigenvalue weighted by Crippen LogP contribution is 2.53. The van der Waals surface area contributed by atoms with Crippen molar-refractivity contribution >= 4 is 11.4 Å². The fourth-order valence-corrected chi connectivity index (χ4v) is 6.20. The van der Waals surface area contributed by atoms with Crippen LogP contribution >= 0.6 is 0 Å². The summed E-state index contributed by atoms with van der Waals surface area (Å²) in [5, 5.41) is 15.1. The molecule has 3 aromatic rings. The minimum Gasteiger partial charge on any atom is -0.434 e. The van der Waals surface area contributed by atoms with Crippen LogP contribution in [-0.4, -0.2) is 57.5 Å². The summed E-state index contributed by atoms with van der Waals surface area (Å²) in [7, 11) is 1.74. The van der Waals surface area contributed by atoms with Gasteiger partial charge in [-0.15, -0.1) is 0 Å².